The van der Waals surface area contributed by atoms with Crippen molar-refractivity contribution in [2.24, 2.45) is 0 Å². The summed E-state index contributed by atoms with van der Waals surface area (Å²) in [6, 6.07) is 0. The van der Waals surface area contributed by atoms with Crippen molar-refractivity contribution in [1.82, 2.24) is 0 Å². The molecule has 0 spiro atoms. The van der Waals surface area contributed by atoms with Crippen molar-refractivity contribution < 1.29 is 42.1 Å². The molecule has 2 atom stereocenters. The summed E-state index contributed by atoms with van der Waals surface area (Å²) in [5.74, 6) is -0.813. The van der Waals surface area contributed by atoms with Gasteiger partial charge in [-0.2, -0.15) is 0 Å². The quantitative estimate of drug-likeness (QED) is 0.0257. The van der Waals surface area contributed by atoms with E-state index in [2.05, 4.69) is 13.8 Å². The molecule has 0 aliphatic rings. The smallest absolute Gasteiger partial charge is 0.306 e. The Kier molecular flexibility index (Phi) is 47.3. The van der Waals surface area contributed by atoms with Crippen molar-refractivity contribution in [2.45, 2.75) is 296 Å². The van der Waals surface area contributed by atoms with Crippen LogP contribution in [0.2, 0.25) is 0 Å². The maximum atomic E-state index is 12.8. The van der Waals surface area contributed by atoms with Crippen LogP contribution in [0.15, 0.2) is 0 Å². The van der Waals surface area contributed by atoms with E-state index < -0.39 is 26.5 Å². The standard InChI is InChI=1S/C55H110NO8P/c1-6-8-10-12-14-16-18-20-21-22-23-24-25-26-27-28-29-30-31-32-33-34-36-38-40-42-44-46-48-55(58)64-53(52-63-65(59,60)62-50-49-56(3,4)5)51-61-54(57)47-45-43-41-39-37-35-19-17-15-13-11-9-7-2/h53H,6-52H2,1-5H3. The second-order valence-corrected chi connectivity index (χ2v) is 22.1. The Morgan fingerprint density at radius 2 is 0.692 bits per heavy atom. The van der Waals surface area contributed by atoms with E-state index in [1.54, 1.807) is 0 Å². The fraction of sp³-hybridized carbons (Fsp3) is 0.964. The van der Waals surface area contributed by atoms with Crippen LogP contribution < -0.4 is 4.89 Å². The Balaban J connectivity index is 4.03. The van der Waals surface area contributed by atoms with E-state index in [9.17, 15) is 19.0 Å². The summed E-state index contributed by atoms with van der Waals surface area (Å²) in [5, 5.41) is 0. The summed E-state index contributed by atoms with van der Waals surface area (Å²) in [6.45, 7) is 4.29. The number of carbonyl (C=O) groups excluding carboxylic acids is 2. The molecule has 65 heavy (non-hydrogen) atoms. The molecule has 0 rings (SSSR count). The largest absolute Gasteiger partial charge is 0.756 e. The number of unbranched alkanes of at least 4 members (excludes halogenated alkanes) is 39. The van der Waals surface area contributed by atoms with Crippen LogP contribution in [0.3, 0.4) is 0 Å². The molecule has 0 saturated heterocycles. The van der Waals surface area contributed by atoms with Crippen LogP contribution in [0.4, 0.5) is 0 Å². The monoisotopic (exact) mass is 944 g/mol. The van der Waals surface area contributed by atoms with Gasteiger partial charge in [-0.1, -0.05) is 264 Å². The summed E-state index contributed by atoms with van der Waals surface area (Å²) in [6.07, 6.45) is 53.0. The van der Waals surface area contributed by atoms with E-state index in [1.165, 1.54) is 225 Å². The molecule has 0 saturated carbocycles. The van der Waals surface area contributed by atoms with Crippen molar-refractivity contribution in [3.63, 3.8) is 0 Å². The van der Waals surface area contributed by atoms with Crippen molar-refractivity contribution in [1.29, 1.82) is 0 Å². The van der Waals surface area contributed by atoms with Crippen LogP contribution in [0, 0.1) is 0 Å². The number of phosphoric acid groups is 1. The Morgan fingerprint density at radius 1 is 0.415 bits per heavy atom. The lowest BCUT2D eigenvalue weighted by Crippen LogP contribution is -2.37. The average molecular weight is 944 g/mol. The van der Waals surface area contributed by atoms with Gasteiger partial charge in [0, 0.05) is 12.8 Å². The zero-order valence-corrected chi connectivity index (χ0v) is 44.9. The van der Waals surface area contributed by atoms with Crippen molar-refractivity contribution in [3.8, 4) is 0 Å². The van der Waals surface area contributed by atoms with Crippen LogP contribution in [-0.4, -0.2) is 70.0 Å². The molecule has 0 aromatic rings. The zero-order chi connectivity index (χ0) is 47.8. The fourth-order valence-electron chi connectivity index (χ4n) is 8.48. The third-order valence-corrected chi connectivity index (χ3v) is 13.8. The van der Waals surface area contributed by atoms with Crippen LogP contribution >= 0.6 is 7.82 Å². The van der Waals surface area contributed by atoms with Crippen LogP contribution in [-0.2, 0) is 32.7 Å². The summed E-state index contributed by atoms with van der Waals surface area (Å²) >= 11 is 0. The number of esters is 2. The number of carbonyl (C=O) groups is 2. The van der Waals surface area contributed by atoms with Crippen LogP contribution in [0.25, 0.3) is 0 Å². The maximum absolute atomic E-state index is 12.8. The van der Waals surface area contributed by atoms with Gasteiger partial charge < -0.3 is 27.9 Å². The molecule has 0 N–H and O–H groups in total. The summed E-state index contributed by atoms with van der Waals surface area (Å²) in [7, 11) is 1.19. The summed E-state index contributed by atoms with van der Waals surface area (Å²) in [5.41, 5.74) is 0. The lowest BCUT2D eigenvalue weighted by molar-refractivity contribution is -0.870. The van der Waals surface area contributed by atoms with Gasteiger partial charge in [-0.25, -0.2) is 0 Å². The molecule has 0 aliphatic heterocycles. The second kappa shape index (κ2) is 48.1. The van der Waals surface area contributed by atoms with Crippen LogP contribution in [0.5, 0.6) is 0 Å². The molecule has 0 aromatic heterocycles. The van der Waals surface area contributed by atoms with Gasteiger partial charge in [0.2, 0.25) is 0 Å². The van der Waals surface area contributed by atoms with E-state index in [4.69, 9.17) is 18.5 Å². The molecule has 0 heterocycles. The number of rotatable bonds is 53. The van der Waals surface area contributed by atoms with E-state index in [0.29, 0.717) is 17.4 Å². The number of nitrogens with zero attached hydrogens (tertiary/aromatic N) is 1. The van der Waals surface area contributed by atoms with Gasteiger partial charge in [-0.3, -0.25) is 14.2 Å². The summed E-state index contributed by atoms with van der Waals surface area (Å²) < 4.78 is 34.1. The molecular formula is C55H110NO8P. The van der Waals surface area contributed by atoms with Gasteiger partial charge in [-0.05, 0) is 12.8 Å². The first kappa shape index (κ1) is 64.0. The first-order valence-electron chi connectivity index (χ1n) is 28.2. The zero-order valence-electron chi connectivity index (χ0n) is 44.0. The lowest BCUT2D eigenvalue weighted by atomic mass is 10.0. The van der Waals surface area contributed by atoms with E-state index in [-0.39, 0.29) is 32.0 Å². The minimum Gasteiger partial charge on any atom is -0.756 e. The number of ether oxygens (including phenoxy) is 2. The predicted octanol–water partition coefficient (Wildman–Crippen LogP) is 16.5. The highest BCUT2D eigenvalue weighted by Crippen LogP contribution is 2.38. The van der Waals surface area contributed by atoms with Gasteiger partial charge in [0.05, 0.1) is 27.7 Å². The fourth-order valence-corrected chi connectivity index (χ4v) is 9.21. The maximum Gasteiger partial charge on any atom is 0.306 e. The van der Waals surface area contributed by atoms with Crippen molar-refractivity contribution >= 4 is 19.8 Å². The minimum atomic E-state index is -4.62. The molecule has 9 nitrogen and oxygen atoms in total. The Bertz CT molecular complexity index is 1070. The van der Waals surface area contributed by atoms with Gasteiger partial charge in [0.25, 0.3) is 7.82 Å². The van der Waals surface area contributed by atoms with Crippen molar-refractivity contribution in [2.75, 3.05) is 47.5 Å². The molecule has 0 aliphatic carbocycles. The van der Waals surface area contributed by atoms with Gasteiger partial charge in [-0.15, -0.1) is 0 Å². The van der Waals surface area contributed by atoms with E-state index in [1.807, 2.05) is 21.1 Å². The topological polar surface area (TPSA) is 111 Å². The lowest BCUT2D eigenvalue weighted by Gasteiger charge is -2.28. The van der Waals surface area contributed by atoms with Gasteiger partial charge >= 0.3 is 11.9 Å². The first-order valence-corrected chi connectivity index (χ1v) is 29.7. The molecule has 0 fully saturated rings. The average Bonchev–Trinajstić information content (AvgIpc) is 3.26. The Hall–Kier alpha value is -0.990. The number of quaternary nitrogens is 1. The Labute approximate surface area is 404 Å². The Morgan fingerprint density at radius 3 is 0.985 bits per heavy atom. The second-order valence-electron chi connectivity index (χ2n) is 20.7. The molecule has 0 radical (unpaired) electrons. The first-order chi connectivity index (χ1) is 31.5. The highest BCUT2D eigenvalue weighted by atomic mass is 31.2. The molecule has 0 bridgehead atoms. The number of hydrogen-bond donors (Lipinski definition) is 0. The number of hydrogen-bond acceptors (Lipinski definition) is 8. The van der Waals surface area contributed by atoms with Gasteiger partial charge in [0.15, 0.2) is 6.10 Å². The minimum absolute atomic E-state index is 0.0253. The molecular weight excluding hydrogens is 834 g/mol. The normalized spacial score (nSPS) is 13.3. The van der Waals surface area contributed by atoms with Crippen molar-refractivity contribution in [3.05, 3.63) is 0 Å². The molecule has 388 valence electrons. The highest BCUT2D eigenvalue weighted by molar-refractivity contribution is 7.45. The third-order valence-electron chi connectivity index (χ3n) is 12.9. The molecule has 0 aromatic carbocycles. The molecule has 10 heteroatoms. The predicted molar refractivity (Wildman–Crippen MR) is 273 cm³/mol. The number of likely N-dealkylation sites (N-methyl/N-ethyl adjacent to an activating group) is 1. The molecule has 0 amide bonds. The third kappa shape index (κ3) is 52.2. The number of phosphoric ester groups is 1. The van der Waals surface area contributed by atoms with Crippen LogP contribution in [0.1, 0.15) is 290 Å². The molecule has 2 unspecified atom stereocenters. The highest BCUT2D eigenvalue weighted by Gasteiger charge is 2.22. The SMILES string of the molecule is CCCCCCCCCCCCCCCCCCCCCCCCCCCCCCC(=O)OC(COC(=O)CCCCCCCCCCCCCCC)COP(=O)([O-])OCC[N+](C)(C)C. The van der Waals surface area contributed by atoms with Gasteiger partial charge in [0.1, 0.15) is 19.8 Å². The van der Waals surface area contributed by atoms with E-state index >= 15 is 0 Å². The summed E-state index contributed by atoms with van der Waals surface area (Å²) in [4.78, 5) is 37.7. The van der Waals surface area contributed by atoms with E-state index in [0.717, 1.165) is 32.1 Å².